The van der Waals surface area contributed by atoms with E-state index in [-0.39, 0.29) is 5.91 Å². The van der Waals surface area contributed by atoms with E-state index in [2.05, 4.69) is 44.1 Å². The number of benzene rings is 1. The Bertz CT molecular complexity index is 606. The molecule has 1 N–H and O–H groups in total. The Labute approximate surface area is 151 Å². The van der Waals surface area contributed by atoms with Crippen LogP contribution < -0.4 is 10.1 Å². The Morgan fingerprint density at radius 2 is 1.95 bits per heavy atom. The number of halogens is 2. The minimum Gasteiger partial charge on any atom is -0.494 e. The van der Waals surface area contributed by atoms with Gasteiger partial charge in [0.2, 0.25) is 0 Å². The van der Waals surface area contributed by atoms with Gasteiger partial charge in [0, 0.05) is 10.2 Å². The zero-order valence-corrected chi connectivity index (χ0v) is 16.2. The SMILES string of the molecule is CCCCCOc1ccc(NC(=O)c2cc(Br)c(Br)s2)cc1. The number of hydrogen-bond donors (Lipinski definition) is 1. The van der Waals surface area contributed by atoms with E-state index in [0.717, 1.165) is 32.7 Å². The number of anilines is 1. The smallest absolute Gasteiger partial charge is 0.265 e. The molecule has 0 saturated heterocycles. The van der Waals surface area contributed by atoms with E-state index in [0.29, 0.717) is 4.88 Å². The molecule has 0 aliphatic heterocycles. The Morgan fingerprint density at radius 1 is 1.23 bits per heavy atom. The largest absolute Gasteiger partial charge is 0.494 e. The summed E-state index contributed by atoms with van der Waals surface area (Å²) in [4.78, 5) is 12.8. The molecule has 1 heterocycles. The molecule has 1 aromatic carbocycles. The lowest BCUT2D eigenvalue weighted by atomic mass is 10.2. The number of ether oxygens (including phenoxy) is 1. The third kappa shape index (κ3) is 5.11. The summed E-state index contributed by atoms with van der Waals surface area (Å²) in [5, 5.41) is 2.88. The molecule has 2 rings (SSSR count). The summed E-state index contributed by atoms with van der Waals surface area (Å²) < 4.78 is 7.45. The van der Waals surface area contributed by atoms with Gasteiger partial charge in [0.15, 0.2) is 0 Å². The summed E-state index contributed by atoms with van der Waals surface area (Å²) >= 11 is 8.16. The van der Waals surface area contributed by atoms with Crippen molar-refractivity contribution in [3.8, 4) is 5.75 Å². The van der Waals surface area contributed by atoms with Gasteiger partial charge < -0.3 is 10.1 Å². The maximum Gasteiger partial charge on any atom is 0.265 e. The minimum absolute atomic E-state index is 0.118. The van der Waals surface area contributed by atoms with E-state index < -0.39 is 0 Å². The predicted molar refractivity (Wildman–Crippen MR) is 99.1 cm³/mol. The van der Waals surface area contributed by atoms with Crippen LogP contribution in [0.3, 0.4) is 0 Å². The molecule has 0 spiro atoms. The van der Waals surface area contributed by atoms with Crippen LogP contribution in [0.2, 0.25) is 0 Å². The highest BCUT2D eigenvalue weighted by atomic mass is 79.9. The fraction of sp³-hybridized carbons (Fsp3) is 0.312. The summed E-state index contributed by atoms with van der Waals surface area (Å²) in [5.41, 5.74) is 0.756. The predicted octanol–water partition coefficient (Wildman–Crippen LogP) is 6.09. The normalized spacial score (nSPS) is 10.5. The topological polar surface area (TPSA) is 38.3 Å². The van der Waals surface area contributed by atoms with Gasteiger partial charge in [-0.15, -0.1) is 11.3 Å². The van der Waals surface area contributed by atoms with Crippen LogP contribution in [0.25, 0.3) is 0 Å². The third-order valence-electron chi connectivity index (χ3n) is 3.00. The van der Waals surface area contributed by atoms with Crippen LogP contribution >= 0.6 is 43.2 Å². The fourth-order valence-electron chi connectivity index (χ4n) is 1.83. The Morgan fingerprint density at radius 3 is 2.55 bits per heavy atom. The highest BCUT2D eigenvalue weighted by Crippen LogP contribution is 2.32. The summed E-state index contributed by atoms with van der Waals surface area (Å²) in [6.07, 6.45) is 3.43. The Balaban J connectivity index is 1.89. The van der Waals surface area contributed by atoms with E-state index in [1.165, 1.54) is 24.2 Å². The van der Waals surface area contributed by atoms with Crippen molar-refractivity contribution in [2.75, 3.05) is 11.9 Å². The molecule has 0 aliphatic rings. The molecule has 0 bridgehead atoms. The molecule has 3 nitrogen and oxygen atoms in total. The van der Waals surface area contributed by atoms with Gasteiger partial charge in [-0.2, -0.15) is 0 Å². The van der Waals surface area contributed by atoms with E-state index >= 15 is 0 Å². The van der Waals surface area contributed by atoms with Crippen LogP contribution in [0.5, 0.6) is 5.75 Å². The lowest BCUT2D eigenvalue weighted by Crippen LogP contribution is -2.09. The summed E-state index contributed by atoms with van der Waals surface area (Å²) in [6, 6.07) is 9.26. The molecule has 6 heteroatoms. The first-order valence-corrected chi connectivity index (χ1v) is 9.49. The van der Waals surface area contributed by atoms with E-state index in [1.54, 1.807) is 6.07 Å². The molecule has 0 unspecified atom stereocenters. The first-order chi connectivity index (χ1) is 10.6. The lowest BCUT2D eigenvalue weighted by molar-refractivity contribution is 0.103. The highest BCUT2D eigenvalue weighted by molar-refractivity contribution is 9.13. The van der Waals surface area contributed by atoms with Gasteiger partial charge in [-0.3, -0.25) is 4.79 Å². The molecule has 0 fully saturated rings. The molecule has 0 aliphatic carbocycles. The number of thiophene rings is 1. The van der Waals surface area contributed by atoms with Crippen LogP contribution in [0.1, 0.15) is 35.9 Å². The van der Waals surface area contributed by atoms with Crippen LogP contribution in [0, 0.1) is 0 Å². The maximum absolute atomic E-state index is 12.1. The Hall–Kier alpha value is -0.850. The second-order valence-electron chi connectivity index (χ2n) is 4.77. The van der Waals surface area contributed by atoms with Gasteiger partial charge in [-0.1, -0.05) is 19.8 Å². The molecule has 1 amide bonds. The number of amides is 1. The molecule has 0 saturated carbocycles. The first kappa shape index (κ1) is 17.5. The maximum atomic E-state index is 12.1. The molecule has 2 aromatic rings. The second kappa shape index (κ2) is 8.70. The molecule has 1 aromatic heterocycles. The monoisotopic (exact) mass is 445 g/mol. The highest BCUT2D eigenvalue weighted by Gasteiger charge is 2.12. The Kier molecular flexibility index (Phi) is 6.92. The van der Waals surface area contributed by atoms with E-state index in [4.69, 9.17) is 4.74 Å². The molecular weight excluding hydrogens is 430 g/mol. The zero-order chi connectivity index (χ0) is 15.9. The van der Waals surface area contributed by atoms with Crippen molar-refractivity contribution in [3.05, 3.63) is 43.5 Å². The van der Waals surface area contributed by atoms with Crippen molar-refractivity contribution in [2.45, 2.75) is 26.2 Å². The van der Waals surface area contributed by atoms with Crippen molar-refractivity contribution in [1.29, 1.82) is 0 Å². The minimum atomic E-state index is -0.118. The third-order valence-corrected chi connectivity index (χ3v) is 6.25. The fourth-order valence-corrected chi connectivity index (χ4v) is 3.76. The number of hydrogen-bond acceptors (Lipinski definition) is 3. The zero-order valence-electron chi connectivity index (χ0n) is 12.2. The summed E-state index contributed by atoms with van der Waals surface area (Å²) in [6.45, 7) is 2.90. The van der Waals surface area contributed by atoms with E-state index in [9.17, 15) is 4.79 Å². The lowest BCUT2D eigenvalue weighted by Gasteiger charge is -2.07. The number of unbranched alkanes of at least 4 members (excludes halogenated alkanes) is 2. The van der Waals surface area contributed by atoms with Crippen LogP contribution in [0.4, 0.5) is 5.69 Å². The number of carbonyl (C=O) groups excluding carboxylic acids is 1. The number of nitrogens with one attached hydrogen (secondary N) is 1. The average molecular weight is 447 g/mol. The van der Waals surface area contributed by atoms with Crippen LogP contribution in [-0.2, 0) is 0 Å². The van der Waals surface area contributed by atoms with Gasteiger partial charge >= 0.3 is 0 Å². The molecule has 118 valence electrons. The average Bonchev–Trinajstić information content (AvgIpc) is 2.85. The van der Waals surface area contributed by atoms with Crippen molar-refractivity contribution in [2.24, 2.45) is 0 Å². The van der Waals surface area contributed by atoms with Crippen molar-refractivity contribution < 1.29 is 9.53 Å². The van der Waals surface area contributed by atoms with Gasteiger partial charge in [0.05, 0.1) is 15.3 Å². The van der Waals surface area contributed by atoms with Crippen molar-refractivity contribution >= 4 is 54.8 Å². The molecule has 0 atom stereocenters. The molecular formula is C16H17Br2NO2S. The molecule has 22 heavy (non-hydrogen) atoms. The second-order valence-corrected chi connectivity index (χ2v) is 7.99. The van der Waals surface area contributed by atoms with Crippen molar-refractivity contribution in [3.63, 3.8) is 0 Å². The van der Waals surface area contributed by atoms with Crippen molar-refractivity contribution in [1.82, 2.24) is 0 Å². The van der Waals surface area contributed by atoms with Gasteiger partial charge in [0.1, 0.15) is 5.75 Å². The van der Waals surface area contributed by atoms with Crippen LogP contribution in [0.15, 0.2) is 38.6 Å². The van der Waals surface area contributed by atoms with Gasteiger partial charge in [0.25, 0.3) is 5.91 Å². The van der Waals surface area contributed by atoms with Crippen LogP contribution in [-0.4, -0.2) is 12.5 Å². The number of carbonyl (C=O) groups is 1. The summed E-state index contributed by atoms with van der Waals surface area (Å²) in [5.74, 6) is 0.712. The van der Waals surface area contributed by atoms with Gasteiger partial charge in [-0.25, -0.2) is 0 Å². The van der Waals surface area contributed by atoms with Gasteiger partial charge in [-0.05, 0) is 68.6 Å². The standard InChI is InChI=1S/C16H17Br2NO2S/c1-2-3-4-9-21-12-7-5-11(6-8-12)19-16(20)14-10-13(17)15(18)22-14/h5-8,10H,2-4,9H2,1H3,(H,19,20). The quantitative estimate of drug-likeness (QED) is 0.522. The first-order valence-electron chi connectivity index (χ1n) is 7.09. The summed E-state index contributed by atoms with van der Waals surface area (Å²) in [7, 11) is 0. The molecule has 0 radical (unpaired) electrons. The number of rotatable bonds is 7. The van der Waals surface area contributed by atoms with E-state index in [1.807, 2.05) is 24.3 Å².